The Morgan fingerprint density at radius 2 is 2.25 bits per heavy atom. The Hall–Kier alpha value is -1.62. The number of nitro benzene ring substituents is 1. The summed E-state index contributed by atoms with van der Waals surface area (Å²) in [7, 11) is 0. The van der Waals surface area contributed by atoms with Crippen molar-refractivity contribution in [3.63, 3.8) is 0 Å². The van der Waals surface area contributed by atoms with E-state index < -0.39 is 16.3 Å². The number of carboxylic acids is 1. The molecule has 1 atom stereocenters. The zero-order valence-corrected chi connectivity index (χ0v) is 9.05. The molecule has 0 radical (unpaired) electrons. The second-order valence-electron chi connectivity index (χ2n) is 3.33. The molecule has 1 rings (SSSR count). The first kappa shape index (κ1) is 12.4. The van der Waals surface area contributed by atoms with Crippen molar-refractivity contribution in [3.8, 4) is 0 Å². The van der Waals surface area contributed by atoms with Crippen LogP contribution in [0.5, 0.6) is 0 Å². The third-order valence-electron chi connectivity index (χ3n) is 1.97. The second kappa shape index (κ2) is 5.46. The minimum Gasteiger partial charge on any atom is -0.481 e. The van der Waals surface area contributed by atoms with Crippen LogP contribution in [0.15, 0.2) is 24.3 Å². The molecule has 0 aliphatic heterocycles. The summed E-state index contributed by atoms with van der Waals surface area (Å²) >= 11 is 5.79. The standard InChI is InChI=1S/C10H10ClNO4/c11-8(6-10(13)14)4-7-2-1-3-9(5-7)12(15)16/h1-3,5,8H,4,6H2,(H,13,14). The van der Waals surface area contributed by atoms with Crippen molar-refractivity contribution in [1.29, 1.82) is 0 Å². The topological polar surface area (TPSA) is 80.4 Å². The Morgan fingerprint density at radius 3 is 2.81 bits per heavy atom. The van der Waals surface area contributed by atoms with Crippen LogP contribution in [0.3, 0.4) is 0 Å². The fourth-order valence-electron chi connectivity index (χ4n) is 1.31. The average molecular weight is 244 g/mol. The second-order valence-corrected chi connectivity index (χ2v) is 3.94. The minimum atomic E-state index is -0.981. The normalized spacial score (nSPS) is 12.1. The van der Waals surface area contributed by atoms with E-state index in [1.807, 2.05) is 0 Å². The van der Waals surface area contributed by atoms with Crippen molar-refractivity contribution >= 4 is 23.3 Å². The lowest BCUT2D eigenvalue weighted by atomic mass is 10.1. The lowest BCUT2D eigenvalue weighted by Crippen LogP contribution is -2.10. The zero-order valence-electron chi connectivity index (χ0n) is 8.30. The maximum atomic E-state index is 10.5. The molecule has 16 heavy (non-hydrogen) atoms. The van der Waals surface area contributed by atoms with Crippen LogP contribution >= 0.6 is 11.6 Å². The summed E-state index contributed by atoms with van der Waals surface area (Å²) in [5.74, 6) is -0.981. The molecule has 0 heterocycles. The molecule has 1 aromatic rings. The number of nitrogens with zero attached hydrogens (tertiary/aromatic N) is 1. The summed E-state index contributed by atoms with van der Waals surface area (Å²) in [6.45, 7) is 0. The summed E-state index contributed by atoms with van der Waals surface area (Å²) in [5.41, 5.74) is 0.646. The predicted molar refractivity (Wildman–Crippen MR) is 58.7 cm³/mol. The monoisotopic (exact) mass is 243 g/mol. The van der Waals surface area contributed by atoms with Gasteiger partial charge in [-0.2, -0.15) is 0 Å². The van der Waals surface area contributed by atoms with Crippen molar-refractivity contribution in [2.24, 2.45) is 0 Å². The first-order valence-corrected chi connectivity index (χ1v) is 5.02. The molecule has 0 aliphatic rings. The number of benzene rings is 1. The number of carbonyl (C=O) groups is 1. The summed E-state index contributed by atoms with van der Waals surface area (Å²) in [6.07, 6.45) is 0.139. The van der Waals surface area contributed by atoms with Crippen LogP contribution in [0.1, 0.15) is 12.0 Å². The van der Waals surface area contributed by atoms with Crippen molar-refractivity contribution < 1.29 is 14.8 Å². The summed E-state index contributed by atoms with van der Waals surface area (Å²) in [5, 5.41) is 18.5. The molecule has 1 unspecified atom stereocenters. The summed E-state index contributed by atoms with van der Waals surface area (Å²) < 4.78 is 0. The Kier molecular flexibility index (Phi) is 4.25. The maximum Gasteiger partial charge on any atom is 0.304 e. The van der Waals surface area contributed by atoms with Gasteiger partial charge in [-0.25, -0.2) is 0 Å². The molecule has 0 spiro atoms. The van der Waals surface area contributed by atoms with Gasteiger partial charge in [0.05, 0.1) is 11.3 Å². The molecule has 1 aromatic carbocycles. The summed E-state index contributed by atoms with van der Waals surface area (Å²) in [4.78, 5) is 20.4. The van der Waals surface area contributed by atoms with E-state index in [0.29, 0.717) is 12.0 Å². The Morgan fingerprint density at radius 1 is 1.56 bits per heavy atom. The smallest absolute Gasteiger partial charge is 0.304 e. The van der Waals surface area contributed by atoms with Crippen LogP contribution in [0.4, 0.5) is 5.69 Å². The van der Waals surface area contributed by atoms with Gasteiger partial charge < -0.3 is 5.11 Å². The van der Waals surface area contributed by atoms with Crippen molar-refractivity contribution in [1.82, 2.24) is 0 Å². The van der Waals surface area contributed by atoms with E-state index in [1.165, 1.54) is 12.1 Å². The van der Waals surface area contributed by atoms with E-state index in [0.717, 1.165) is 0 Å². The van der Waals surface area contributed by atoms with Crippen LogP contribution in [-0.4, -0.2) is 21.4 Å². The number of hydrogen-bond acceptors (Lipinski definition) is 3. The van der Waals surface area contributed by atoms with E-state index in [9.17, 15) is 14.9 Å². The molecule has 5 nitrogen and oxygen atoms in total. The molecule has 1 N–H and O–H groups in total. The quantitative estimate of drug-likeness (QED) is 0.488. The number of non-ortho nitro benzene ring substituents is 1. The van der Waals surface area contributed by atoms with Crippen LogP contribution < -0.4 is 0 Å². The molecule has 6 heteroatoms. The molecule has 0 saturated heterocycles. The lowest BCUT2D eigenvalue weighted by Gasteiger charge is -2.06. The number of nitro groups is 1. The SMILES string of the molecule is O=C(O)CC(Cl)Cc1cccc([N+](=O)[O-])c1. The van der Waals surface area contributed by atoms with E-state index >= 15 is 0 Å². The molecule has 0 aromatic heterocycles. The van der Waals surface area contributed by atoms with Gasteiger partial charge in [-0.3, -0.25) is 14.9 Å². The van der Waals surface area contributed by atoms with Gasteiger partial charge >= 0.3 is 5.97 Å². The van der Waals surface area contributed by atoms with Crippen molar-refractivity contribution in [2.75, 3.05) is 0 Å². The predicted octanol–water partition coefficient (Wildman–Crippen LogP) is 2.22. The lowest BCUT2D eigenvalue weighted by molar-refractivity contribution is -0.384. The largest absolute Gasteiger partial charge is 0.481 e. The highest BCUT2D eigenvalue weighted by Gasteiger charge is 2.12. The molecule has 0 aliphatic carbocycles. The Bertz CT molecular complexity index is 408. The fourth-order valence-corrected chi connectivity index (χ4v) is 1.62. The van der Waals surface area contributed by atoms with Crippen molar-refractivity contribution in [2.45, 2.75) is 18.2 Å². The number of carboxylic acid groups (broad SMARTS) is 1. The highest BCUT2D eigenvalue weighted by molar-refractivity contribution is 6.21. The zero-order chi connectivity index (χ0) is 12.1. The Labute approximate surface area is 96.8 Å². The third-order valence-corrected chi connectivity index (χ3v) is 2.28. The highest BCUT2D eigenvalue weighted by atomic mass is 35.5. The van der Waals surface area contributed by atoms with Gasteiger partial charge in [-0.1, -0.05) is 12.1 Å². The number of aliphatic carboxylic acids is 1. The van der Waals surface area contributed by atoms with Gasteiger partial charge in [-0.15, -0.1) is 11.6 Å². The van der Waals surface area contributed by atoms with Crippen LogP contribution in [-0.2, 0) is 11.2 Å². The van der Waals surface area contributed by atoms with Crippen molar-refractivity contribution in [3.05, 3.63) is 39.9 Å². The first-order chi connectivity index (χ1) is 7.49. The van der Waals surface area contributed by atoms with Crippen LogP contribution in [0.25, 0.3) is 0 Å². The van der Waals surface area contributed by atoms with Gasteiger partial charge in [0, 0.05) is 17.5 Å². The van der Waals surface area contributed by atoms with E-state index in [1.54, 1.807) is 12.1 Å². The molecule has 0 amide bonds. The Balaban J connectivity index is 2.70. The van der Waals surface area contributed by atoms with Gasteiger partial charge in [0.25, 0.3) is 5.69 Å². The molecule has 0 saturated carbocycles. The summed E-state index contributed by atoms with van der Waals surface area (Å²) in [6, 6.07) is 6.02. The number of hydrogen-bond donors (Lipinski definition) is 1. The van der Waals surface area contributed by atoms with Gasteiger partial charge in [-0.05, 0) is 12.0 Å². The molecule has 0 fully saturated rings. The number of rotatable bonds is 5. The van der Waals surface area contributed by atoms with Gasteiger partial charge in [0.1, 0.15) is 0 Å². The highest BCUT2D eigenvalue weighted by Crippen LogP contribution is 2.17. The number of alkyl halides is 1. The van der Waals surface area contributed by atoms with Gasteiger partial charge in [0.2, 0.25) is 0 Å². The maximum absolute atomic E-state index is 10.5. The molecular formula is C10H10ClNO4. The average Bonchev–Trinajstić information content (AvgIpc) is 2.16. The molecular weight excluding hydrogens is 234 g/mol. The first-order valence-electron chi connectivity index (χ1n) is 4.58. The molecule has 86 valence electrons. The van der Waals surface area contributed by atoms with E-state index in [4.69, 9.17) is 16.7 Å². The third kappa shape index (κ3) is 3.86. The van der Waals surface area contributed by atoms with E-state index in [2.05, 4.69) is 0 Å². The number of halogens is 1. The van der Waals surface area contributed by atoms with Crippen LogP contribution in [0, 0.1) is 10.1 Å². The van der Waals surface area contributed by atoms with E-state index in [-0.39, 0.29) is 12.1 Å². The minimum absolute atomic E-state index is 0.0170. The molecule has 0 bridgehead atoms. The fraction of sp³-hybridized carbons (Fsp3) is 0.300. The van der Waals surface area contributed by atoms with Gasteiger partial charge in [0.15, 0.2) is 0 Å². The van der Waals surface area contributed by atoms with Crippen LogP contribution in [0.2, 0.25) is 0 Å².